The van der Waals surface area contributed by atoms with Crippen LogP contribution in [-0.4, -0.2) is 48.3 Å². The molecule has 1 fully saturated rings. The summed E-state index contributed by atoms with van der Waals surface area (Å²) < 4.78 is 35.6. The second kappa shape index (κ2) is 10.7. The van der Waals surface area contributed by atoms with E-state index in [-0.39, 0.29) is 16.7 Å². The van der Waals surface area contributed by atoms with Crippen LogP contribution in [0, 0.1) is 11.7 Å². The third kappa shape index (κ3) is 6.47. The molecule has 1 saturated heterocycles. The van der Waals surface area contributed by atoms with Gasteiger partial charge in [0.2, 0.25) is 0 Å². The van der Waals surface area contributed by atoms with Crippen molar-refractivity contribution in [2.75, 3.05) is 6.61 Å². The van der Waals surface area contributed by atoms with E-state index < -0.39 is 53.4 Å². The largest absolute Gasteiger partial charge is 0.463 e. The smallest absolute Gasteiger partial charge is 0.303 e. The number of esters is 3. The van der Waals surface area contributed by atoms with Crippen molar-refractivity contribution in [1.29, 1.82) is 0 Å². The molecule has 11 heteroatoms. The Morgan fingerprint density at radius 2 is 1.57 bits per heavy atom. The molecule has 0 amide bonds. The third-order valence-electron chi connectivity index (χ3n) is 4.24. The molecule has 0 bridgehead atoms. The van der Waals surface area contributed by atoms with Gasteiger partial charge in [-0.3, -0.25) is 14.4 Å². The van der Waals surface area contributed by atoms with Crippen LogP contribution in [0.5, 0.6) is 0 Å². The summed E-state index contributed by atoms with van der Waals surface area (Å²) in [5, 5.41) is -0.348. The van der Waals surface area contributed by atoms with Crippen molar-refractivity contribution in [2.24, 2.45) is 5.92 Å². The van der Waals surface area contributed by atoms with Gasteiger partial charge >= 0.3 is 17.9 Å². The molecule has 0 spiro atoms. The van der Waals surface area contributed by atoms with E-state index in [4.69, 9.17) is 42.1 Å². The van der Waals surface area contributed by atoms with Gasteiger partial charge in [0.1, 0.15) is 30.4 Å². The van der Waals surface area contributed by atoms with Crippen LogP contribution in [0.15, 0.2) is 17.0 Å². The molecular weight excluding hydrogens is 462 g/mol. The fourth-order valence-electron chi connectivity index (χ4n) is 2.99. The van der Waals surface area contributed by atoms with E-state index in [1.54, 1.807) is 6.92 Å². The first-order valence-corrected chi connectivity index (χ1v) is 10.6. The van der Waals surface area contributed by atoms with Gasteiger partial charge in [-0.15, -0.1) is 0 Å². The normalized spacial score (nSPS) is 26.0. The van der Waals surface area contributed by atoms with Gasteiger partial charge in [0.25, 0.3) is 0 Å². The second-order valence-electron chi connectivity index (χ2n) is 6.67. The number of hydrogen-bond donors (Lipinski definition) is 0. The lowest BCUT2D eigenvalue weighted by atomic mass is 9.91. The summed E-state index contributed by atoms with van der Waals surface area (Å²) in [5.41, 5.74) is -0.797. The van der Waals surface area contributed by atoms with E-state index in [2.05, 4.69) is 0 Å². The van der Waals surface area contributed by atoms with E-state index in [1.807, 2.05) is 0 Å². The highest BCUT2D eigenvalue weighted by atomic mass is 35.5. The van der Waals surface area contributed by atoms with Crippen LogP contribution in [0.1, 0.15) is 27.7 Å². The van der Waals surface area contributed by atoms with Crippen LogP contribution in [0.4, 0.5) is 4.39 Å². The summed E-state index contributed by atoms with van der Waals surface area (Å²) in [6.45, 7) is 5.27. The van der Waals surface area contributed by atoms with Crippen LogP contribution in [0.3, 0.4) is 0 Å². The summed E-state index contributed by atoms with van der Waals surface area (Å²) >= 11 is 12.8. The lowest BCUT2D eigenvalue weighted by Gasteiger charge is -2.43. The van der Waals surface area contributed by atoms with Gasteiger partial charge < -0.3 is 18.9 Å². The minimum atomic E-state index is -0.830. The zero-order valence-electron chi connectivity index (χ0n) is 16.6. The Bertz CT molecular complexity index is 797. The van der Waals surface area contributed by atoms with Crippen molar-refractivity contribution in [3.8, 4) is 0 Å². The highest BCUT2D eigenvalue weighted by Gasteiger charge is 2.48. The summed E-state index contributed by atoms with van der Waals surface area (Å²) in [4.78, 5) is 35.0. The van der Waals surface area contributed by atoms with Gasteiger partial charge in [-0.1, -0.05) is 41.9 Å². The Hall–Kier alpha value is -1.55. The molecule has 1 aromatic carbocycles. The topological polar surface area (TPSA) is 88.1 Å². The van der Waals surface area contributed by atoms with Crippen molar-refractivity contribution in [2.45, 2.75) is 56.3 Å². The van der Waals surface area contributed by atoms with Crippen LogP contribution >= 0.6 is 35.0 Å². The highest BCUT2D eigenvalue weighted by molar-refractivity contribution is 7.99. The average molecular weight is 483 g/mol. The fraction of sp³-hybridized carbons (Fsp3) is 0.526. The van der Waals surface area contributed by atoms with Crippen molar-refractivity contribution in [3.63, 3.8) is 0 Å². The van der Waals surface area contributed by atoms with E-state index in [0.717, 1.165) is 11.8 Å². The number of halogens is 3. The molecule has 0 radical (unpaired) electrons. The lowest BCUT2D eigenvalue weighted by Crippen LogP contribution is -2.56. The Balaban J connectivity index is 2.35. The maximum absolute atomic E-state index is 13.7. The van der Waals surface area contributed by atoms with Crippen molar-refractivity contribution in [3.05, 3.63) is 28.0 Å². The molecule has 0 saturated carbocycles. The van der Waals surface area contributed by atoms with Gasteiger partial charge in [-0.25, -0.2) is 4.39 Å². The SMILES string of the molecule is CC(=O)OCC1O[C@H](Sc2cc(Cl)c(F)c(Cl)c2)C(OC(C)=O)C(C)[C@H]1OC(C)=O. The first-order valence-electron chi connectivity index (χ1n) is 8.94. The highest BCUT2D eigenvalue weighted by Crippen LogP contribution is 2.40. The van der Waals surface area contributed by atoms with E-state index in [0.29, 0.717) is 4.90 Å². The lowest BCUT2D eigenvalue weighted by molar-refractivity contribution is -0.212. The molecule has 1 aliphatic heterocycles. The monoisotopic (exact) mass is 482 g/mol. The number of ether oxygens (including phenoxy) is 4. The van der Waals surface area contributed by atoms with E-state index >= 15 is 0 Å². The Morgan fingerprint density at radius 3 is 2.07 bits per heavy atom. The third-order valence-corrected chi connectivity index (χ3v) is 5.91. The molecule has 1 heterocycles. The van der Waals surface area contributed by atoms with Crippen LogP contribution in [-0.2, 0) is 33.3 Å². The second-order valence-corrected chi connectivity index (χ2v) is 8.66. The zero-order valence-corrected chi connectivity index (χ0v) is 19.0. The van der Waals surface area contributed by atoms with Gasteiger partial charge in [0.05, 0.1) is 10.0 Å². The molecule has 166 valence electrons. The first-order chi connectivity index (χ1) is 14.0. The molecule has 0 aliphatic carbocycles. The first kappa shape index (κ1) is 24.7. The number of carbonyl (C=O) groups excluding carboxylic acids is 3. The summed E-state index contributed by atoms with van der Waals surface area (Å²) in [6, 6.07) is 2.73. The minimum absolute atomic E-state index is 0.174. The molecule has 1 aliphatic rings. The molecule has 3 unspecified atom stereocenters. The van der Waals surface area contributed by atoms with Crippen LogP contribution in [0.2, 0.25) is 10.0 Å². The maximum Gasteiger partial charge on any atom is 0.303 e. The van der Waals surface area contributed by atoms with Gasteiger partial charge in [0.15, 0.2) is 5.82 Å². The standard InChI is InChI=1S/C19H21Cl2FO7S/c1-8-17(27-10(3)24)15(7-26-9(2)23)29-19(18(8)28-11(4)25)30-12-5-13(20)16(22)14(21)6-12/h5-6,8,15,17-19H,7H2,1-4H3/t8?,15?,17-,18?,19-/m1/s1. The fourth-order valence-corrected chi connectivity index (χ4v) is 4.89. The zero-order chi connectivity index (χ0) is 22.6. The predicted molar refractivity (Wildman–Crippen MR) is 108 cm³/mol. The predicted octanol–water partition coefficient (Wildman–Crippen LogP) is 4.01. The number of hydrogen-bond acceptors (Lipinski definition) is 8. The van der Waals surface area contributed by atoms with Crippen molar-refractivity contribution in [1.82, 2.24) is 0 Å². The molecule has 1 aromatic rings. The summed E-state index contributed by atoms with van der Waals surface area (Å²) in [5.74, 6) is -2.91. The van der Waals surface area contributed by atoms with E-state index in [9.17, 15) is 18.8 Å². The maximum atomic E-state index is 13.7. The molecule has 0 N–H and O–H groups in total. The van der Waals surface area contributed by atoms with Crippen molar-refractivity contribution < 1.29 is 37.7 Å². The van der Waals surface area contributed by atoms with Gasteiger partial charge in [-0.2, -0.15) is 0 Å². The van der Waals surface area contributed by atoms with Crippen molar-refractivity contribution >= 4 is 52.9 Å². The average Bonchev–Trinajstić information content (AvgIpc) is 2.63. The molecule has 2 rings (SSSR count). The molecule has 7 nitrogen and oxygen atoms in total. The summed E-state index contributed by atoms with van der Waals surface area (Å²) in [6.07, 6.45) is -2.47. The molecule has 0 aromatic heterocycles. The molecule has 5 atom stereocenters. The number of carbonyl (C=O) groups is 3. The Kier molecular flexibility index (Phi) is 8.78. The molecular formula is C19H21Cl2FO7S. The Labute approximate surface area is 187 Å². The Morgan fingerprint density at radius 1 is 1.03 bits per heavy atom. The van der Waals surface area contributed by atoms with Crippen LogP contribution < -0.4 is 0 Å². The summed E-state index contributed by atoms with van der Waals surface area (Å²) in [7, 11) is 0. The number of benzene rings is 1. The van der Waals surface area contributed by atoms with E-state index in [1.165, 1.54) is 32.9 Å². The van der Waals surface area contributed by atoms with Gasteiger partial charge in [0, 0.05) is 31.6 Å². The minimum Gasteiger partial charge on any atom is -0.463 e. The van der Waals surface area contributed by atoms with Crippen LogP contribution in [0.25, 0.3) is 0 Å². The van der Waals surface area contributed by atoms with Gasteiger partial charge in [-0.05, 0) is 12.1 Å². The number of rotatable bonds is 6. The molecule has 30 heavy (non-hydrogen) atoms. The number of thioether (sulfide) groups is 1. The quantitative estimate of drug-likeness (QED) is 0.341.